The minimum absolute atomic E-state index is 0.630. The average molecular weight is 202 g/mol. The van der Waals surface area contributed by atoms with Gasteiger partial charge in [0.15, 0.2) is 0 Å². The molecule has 4 heteroatoms. The molecule has 0 amide bonds. The molecule has 0 atom stereocenters. The fourth-order valence-electron chi connectivity index (χ4n) is 2.27. The number of nitrogens with one attached hydrogen (secondary N) is 1. The average Bonchev–Trinajstić information content (AvgIpc) is 2.74. The fourth-order valence-corrected chi connectivity index (χ4v) is 2.27. The number of nitrogens with zero attached hydrogens (tertiary/aromatic N) is 3. The molecule has 0 radical (unpaired) electrons. The van der Waals surface area contributed by atoms with Gasteiger partial charge < -0.3 is 5.32 Å². The van der Waals surface area contributed by atoms with Crippen LogP contribution in [0.3, 0.4) is 0 Å². The van der Waals surface area contributed by atoms with Gasteiger partial charge in [-0.2, -0.15) is 0 Å². The van der Waals surface area contributed by atoms with Crippen LogP contribution >= 0.6 is 0 Å². The van der Waals surface area contributed by atoms with Crippen molar-refractivity contribution < 1.29 is 0 Å². The highest BCUT2D eigenvalue weighted by Gasteiger charge is 2.18. The first-order valence-corrected chi connectivity index (χ1v) is 5.44. The zero-order valence-electron chi connectivity index (χ0n) is 8.56. The molecule has 1 N–H and O–H groups in total. The van der Waals surface area contributed by atoms with Gasteiger partial charge in [0.05, 0.1) is 6.20 Å². The summed E-state index contributed by atoms with van der Waals surface area (Å²) in [5, 5.41) is 3.38. The van der Waals surface area contributed by atoms with Crippen LogP contribution in [0.2, 0.25) is 0 Å². The van der Waals surface area contributed by atoms with E-state index in [-0.39, 0.29) is 0 Å². The Bertz CT molecular complexity index is 456. The highest BCUT2D eigenvalue weighted by molar-refractivity contribution is 5.31. The third kappa shape index (κ3) is 1.51. The van der Waals surface area contributed by atoms with Gasteiger partial charge in [0.25, 0.3) is 0 Å². The number of fused-ring (bicyclic) bond motifs is 1. The second-order valence-electron chi connectivity index (χ2n) is 4.00. The van der Waals surface area contributed by atoms with E-state index in [1.165, 1.54) is 18.5 Å². The first-order valence-electron chi connectivity index (χ1n) is 5.44. The van der Waals surface area contributed by atoms with Crippen LogP contribution in [-0.2, 0) is 0 Å². The van der Waals surface area contributed by atoms with E-state index in [1.54, 1.807) is 6.20 Å². The lowest BCUT2D eigenvalue weighted by Crippen LogP contribution is -2.27. The number of imidazole rings is 1. The zero-order valence-corrected chi connectivity index (χ0v) is 8.56. The molecule has 1 fully saturated rings. The Labute approximate surface area is 88.4 Å². The number of rotatable bonds is 1. The van der Waals surface area contributed by atoms with Crippen molar-refractivity contribution in [3.05, 3.63) is 30.4 Å². The standard InChI is InChI=1S/C11H14N4/c1-4-13-11-14-8-10(15(11)7-1)9-2-5-12-6-3-9/h1,4,7-9,12H,2-3,5-6H2. The van der Waals surface area contributed by atoms with Gasteiger partial charge in [-0.25, -0.2) is 9.97 Å². The summed E-state index contributed by atoms with van der Waals surface area (Å²) in [5.74, 6) is 1.44. The van der Waals surface area contributed by atoms with Gasteiger partial charge in [0.1, 0.15) is 0 Å². The number of hydrogen-bond donors (Lipinski definition) is 1. The lowest BCUT2D eigenvalue weighted by Gasteiger charge is -2.21. The van der Waals surface area contributed by atoms with Gasteiger partial charge in [-0.05, 0) is 32.0 Å². The largest absolute Gasteiger partial charge is 0.317 e. The normalized spacial score (nSPS) is 18.4. The van der Waals surface area contributed by atoms with E-state index in [1.807, 2.05) is 18.5 Å². The van der Waals surface area contributed by atoms with Crippen LogP contribution in [-0.4, -0.2) is 27.5 Å². The molecule has 4 nitrogen and oxygen atoms in total. The molecule has 15 heavy (non-hydrogen) atoms. The summed E-state index contributed by atoms with van der Waals surface area (Å²) in [6.07, 6.45) is 8.20. The van der Waals surface area contributed by atoms with Gasteiger partial charge in [0, 0.05) is 24.0 Å². The molecule has 3 heterocycles. The molecule has 0 aliphatic carbocycles. The summed E-state index contributed by atoms with van der Waals surface area (Å²) >= 11 is 0. The zero-order chi connectivity index (χ0) is 10.1. The lowest BCUT2D eigenvalue weighted by molar-refractivity contribution is 0.451. The molecule has 0 aromatic carbocycles. The Hall–Kier alpha value is -1.42. The van der Waals surface area contributed by atoms with E-state index in [2.05, 4.69) is 19.7 Å². The van der Waals surface area contributed by atoms with E-state index in [4.69, 9.17) is 0 Å². The topological polar surface area (TPSA) is 42.2 Å². The monoisotopic (exact) mass is 202 g/mol. The maximum Gasteiger partial charge on any atom is 0.233 e. The van der Waals surface area contributed by atoms with Crippen molar-refractivity contribution in [2.45, 2.75) is 18.8 Å². The van der Waals surface area contributed by atoms with Crippen molar-refractivity contribution in [3.8, 4) is 0 Å². The second-order valence-corrected chi connectivity index (χ2v) is 4.00. The van der Waals surface area contributed by atoms with Gasteiger partial charge in [-0.1, -0.05) is 0 Å². The van der Waals surface area contributed by atoms with E-state index in [0.717, 1.165) is 18.9 Å². The predicted molar refractivity (Wildman–Crippen MR) is 57.8 cm³/mol. The van der Waals surface area contributed by atoms with E-state index in [9.17, 15) is 0 Å². The molecule has 3 rings (SSSR count). The van der Waals surface area contributed by atoms with Crippen molar-refractivity contribution in [1.29, 1.82) is 0 Å². The summed E-state index contributed by atoms with van der Waals surface area (Å²) < 4.78 is 2.11. The molecule has 78 valence electrons. The van der Waals surface area contributed by atoms with Crippen LogP contribution in [0, 0.1) is 0 Å². The van der Waals surface area contributed by atoms with Crippen LogP contribution in [0.25, 0.3) is 5.78 Å². The maximum atomic E-state index is 4.33. The van der Waals surface area contributed by atoms with Crippen molar-refractivity contribution in [3.63, 3.8) is 0 Å². The minimum atomic E-state index is 0.630. The maximum absolute atomic E-state index is 4.33. The molecular weight excluding hydrogens is 188 g/mol. The highest BCUT2D eigenvalue weighted by Crippen LogP contribution is 2.24. The smallest absolute Gasteiger partial charge is 0.233 e. The number of hydrogen-bond acceptors (Lipinski definition) is 3. The predicted octanol–water partition coefficient (Wildman–Crippen LogP) is 1.20. The Balaban J connectivity index is 2.02. The van der Waals surface area contributed by atoms with Crippen LogP contribution in [0.1, 0.15) is 24.5 Å². The van der Waals surface area contributed by atoms with Gasteiger partial charge >= 0.3 is 0 Å². The fraction of sp³-hybridized carbons (Fsp3) is 0.455. The van der Waals surface area contributed by atoms with E-state index >= 15 is 0 Å². The molecule has 1 saturated heterocycles. The SMILES string of the molecule is c1cnc2ncc(C3CCNCC3)n2c1. The van der Waals surface area contributed by atoms with Gasteiger partial charge in [-0.3, -0.25) is 4.40 Å². The first-order chi connectivity index (χ1) is 7.45. The first kappa shape index (κ1) is 8.85. The molecule has 2 aromatic rings. The Kier molecular flexibility index (Phi) is 2.14. The van der Waals surface area contributed by atoms with Crippen molar-refractivity contribution in [1.82, 2.24) is 19.7 Å². The summed E-state index contributed by atoms with van der Waals surface area (Å²) in [5.41, 5.74) is 1.31. The number of piperidine rings is 1. The third-order valence-electron chi connectivity index (χ3n) is 3.07. The molecule has 2 aromatic heterocycles. The highest BCUT2D eigenvalue weighted by atomic mass is 15.1. The summed E-state index contributed by atoms with van der Waals surface area (Å²) in [4.78, 5) is 8.56. The van der Waals surface area contributed by atoms with Crippen molar-refractivity contribution in [2.24, 2.45) is 0 Å². The quantitative estimate of drug-likeness (QED) is 0.755. The Morgan fingerprint density at radius 1 is 1.27 bits per heavy atom. The molecule has 0 saturated carbocycles. The molecule has 1 aliphatic heterocycles. The van der Waals surface area contributed by atoms with Crippen molar-refractivity contribution in [2.75, 3.05) is 13.1 Å². The van der Waals surface area contributed by atoms with Crippen LogP contribution in [0.5, 0.6) is 0 Å². The lowest BCUT2D eigenvalue weighted by atomic mass is 9.95. The Morgan fingerprint density at radius 3 is 3.00 bits per heavy atom. The molecular formula is C11H14N4. The van der Waals surface area contributed by atoms with Crippen LogP contribution < -0.4 is 5.32 Å². The summed E-state index contributed by atoms with van der Waals surface area (Å²) in [6, 6.07) is 1.96. The summed E-state index contributed by atoms with van der Waals surface area (Å²) in [6.45, 7) is 2.22. The number of aromatic nitrogens is 3. The van der Waals surface area contributed by atoms with Gasteiger partial charge in [0.2, 0.25) is 5.78 Å². The molecule has 0 bridgehead atoms. The molecule has 0 unspecified atom stereocenters. The van der Waals surface area contributed by atoms with Crippen LogP contribution in [0.15, 0.2) is 24.7 Å². The third-order valence-corrected chi connectivity index (χ3v) is 3.07. The minimum Gasteiger partial charge on any atom is -0.317 e. The van der Waals surface area contributed by atoms with Gasteiger partial charge in [-0.15, -0.1) is 0 Å². The van der Waals surface area contributed by atoms with E-state index < -0.39 is 0 Å². The summed E-state index contributed by atoms with van der Waals surface area (Å²) in [7, 11) is 0. The Morgan fingerprint density at radius 2 is 2.13 bits per heavy atom. The molecule has 1 aliphatic rings. The van der Waals surface area contributed by atoms with Crippen molar-refractivity contribution >= 4 is 5.78 Å². The second kappa shape index (κ2) is 3.62. The molecule has 0 spiro atoms. The van der Waals surface area contributed by atoms with E-state index in [0.29, 0.717) is 5.92 Å². The van der Waals surface area contributed by atoms with Crippen LogP contribution in [0.4, 0.5) is 0 Å².